The van der Waals surface area contributed by atoms with E-state index in [1.165, 1.54) is 0 Å². The number of fused-ring (bicyclic) bond motifs is 17. The van der Waals surface area contributed by atoms with Crippen molar-refractivity contribution in [2.24, 2.45) is 35.9 Å². The third-order valence-electron chi connectivity index (χ3n) is 7.64. The molecule has 1 aliphatic carbocycles. The molecule has 8 bridgehead atoms. The topological polar surface area (TPSA) is 119 Å². The Kier molecular flexibility index (Phi) is 5.73. The minimum absolute atomic E-state index is 0.115. The van der Waals surface area contributed by atoms with Gasteiger partial charge < -0.3 is 25.3 Å². The molecule has 4 aliphatic heterocycles. The molecule has 0 fully saturated rings. The van der Waals surface area contributed by atoms with Gasteiger partial charge in [0.1, 0.15) is 5.84 Å². The Labute approximate surface area is 248 Å². The van der Waals surface area contributed by atoms with Crippen molar-refractivity contribution in [1.29, 1.82) is 0 Å². The van der Waals surface area contributed by atoms with E-state index in [-0.39, 0.29) is 5.92 Å². The Morgan fingerprint density at radius 2 is 1.36 bits per heavy atom. The fourth-order valence-corrected chi connectivity index (χ4v) is 5.74. The summed E-state index contributed by atoms with van der Waals surface area (Å²) in [4.78, 5) is 34.7. The number of aromatic nitrogens is 1. The second-order valence-corrected chi connectivity index (χ2v) is 9.96. The summed E-state index contributed by atoms with van der Waals surface area (Å²) in [6.45, 7) is 0. The van der Waals surface area contributed by atoms with Gasteiger partial charge in [0.15, 0.2) is 5.84 Å². The van der Waals surface area contributed by atoms with Crippen molar-refractivity contribution < 1.29 is 21.0 Å². The second-order valence-electron chi connectivity index (χ2n) is 9.96. The maximum absolute atomic E-state index is 8.19. The van der Waals surface area contributed by atoms with Crippen LogP contribution in [-0.2, 0) is 21.0 Å². The molecule has 0 spiro atoms. The Bertz CT molecular complexity index is 2180. The van der Waals surface area contributed by atoms with Crippen LogP contribution < -0.4 is 16.0 Å². The number of benzene rings is 3. The van der Waals surface area contributed by atoms with Gasteiger partial charge in [-0.05, 0) is 27.5 Å². The van der Waals surface area contributed by atoms with Crippen molar-refractivity contribution in [3.63, 3.8) is 0 Å². The first-order valence-electron chi connectivity index (χ1n) is 13.3. The van der Waals surface area contributed by atoms with E-state index in [0.717, 1.165) is 56.0 Å². The fraction of sp³-hybridized carbons (Fsp3) is 0.0625. The number of hydrogen-bond acceptors (Lipinski definition) is 7. The normalized spacial score (nSPS) is 22.6. The van der Waals surface area contributed by atoms with E-state index in [0.29, 0.717) is 40.1 Å². The summed E-state index contributed by atoms with van der Waals surface area (Å²) in [5.74, 6) is 2.88. The van der Waals surface area contributed by atoms with Crippen LogP contribution in [0.15, 0.2) is 138 Å². The van der Waals surface area contributed by atoms with Gasteiger partial charge in [0, 0.05) is 28.3 Å². The van der Waals surface area contributed by atoms with Crippen molar-refractivity contribution >= 4 is 34.1 Å². The van der Waals surface area contributed by atoms with Crippen molar-refractivity contribution in [2.45, 2.75) is 6.17 Å². The minimum atomic E-state index is -0.476. The number of nitrogens with zero attached hydrogens (tertiary/aromatic N) is 8. The molecule has 197 valence electrons. The number of hydrogen-bond donors (Lipinski definition) is 0. The van der Waals surface area contributed by atoms with Gasteiger partial charge in [-0.15, -0.1) is 0 Å². The summed E-state index contributed by atoms with van der Waals surface area (Å²) in [7, 11) is 0. The molecular weight excluding hydrogens is 563 g/mol. The summed E-state index contributed by atoms with van der Waals surface area (Å²) >= 11 is 1.06. The Balaban J connectivity index is 0.00000131. The van der Waals surface area contributed by atoms with Crippen LogP contribution in [0.4, 0.5) is 0 Å². The van der Waals surface area contributed by atoms with Crippen molar-refractivity contribution in [1.82, 2.24) is 4.98 Å². The van der Waals surface area contributed by atoms with Gasteiger partial charge >= 0.3 is 21.0 Å². The maximum atomic E-state index is 8.19. The number of amidine groups is 4. The van der Waals surface area contributed by atoms with E-state index >= 15 is 0 Å². The zero-order valence-electron chi connectivity index (χ0n) is 21.8. The van der Waals surface area contributed by atoms with Gasteiger partial charge in [-0.1, -0.05) is 103 Å². The zero-order chi connectivity index (χ0) is 28.2. The predicted molar refractivity (Wildman–Crippen MR) is 155 cm³/mol. The summed E-state index contributed by atoms with van der Waals surface area (Å²) in [6, 6.07) is 24.1. The zero-order valence-corrected chi connectivity index (χ0v) is 23.2. The summed E-state index contributed by atoms with van der Waals surface area (Å²) in [5.41, 5.74) is 5.89. The quantitative estimate of drug-likeness (QED) is 0.307. The van der Waals surface area contributed by atoms with Crippen LogP contribution in [0, 0.1) is 5.92 Å². The van der Waals surface area contributed by atoms with E-state index in [9.17, 15) is 0 Å². The van der Waals surface area contributed by atoms with Crippen LogP contribution in [0.3, 0.4) is 0 Å². The van der Waals surface area contributed by atoms with Crippen LogP contribution in [0.2, 0.25) is 0 Å². The molecule has 0 saturated heterocycles. The Morgan fingerprint density at radius 3 is 2.17 bits per heavy atom. The molecule has 5 aliphatic rings. The number of allylic oxidation sites excluding steroid dienone is 3. The first-order chi connectivity index (χ1) is 20.8. The molecule has 0 N–H and O–H groups in total. The molecular formula is C32H18N8OV. The SMILES string of the molecule is C1=CC2=C3N=C(N=C4N=C(N=c5[n-]/c(c6ccccc56)=N\C5[N-]/C(=N\3)c3ccccc35)c3ccccc34)C2C=C1.[O]=[V+2]. The van der Waals surface area contributed by atoms with Gasteiger partial charge in [-0.2, -0.15) is 0 Å². The Hall–Kier alpha value is -5.12. The molecule has 9 nitrogen and oxygen atoms in total. The van der Waals surface area contributed by atoms with Gasteiger partial charge in [0.2, 0.25) is 0 Å². The summed E-state index contributed by atoms with van der Waals surface area (Å²) in [6.07, 6.45) is 7.68. The van der Waals surface area contributed by atoms with Gasteiger partial charge in [-0.3, -0.25) is 0 Å². The van der Waals surface area contributed by atoms with E-state index < -0.39 is 6.17 Å². The average Bonchev–Trinajstić information content (AvgIpc) is 3.78. The first kappa shape index (κ1) is 24.7. The summed E-state index contributed by atoms with van der Waals surface area (Å²) in [5, 5.41) is 6.79. The molecule has 9 rings (SSSR count). The molecule has 42 heavy (non-hydrogen) atoms. The van der Waals surface area contributed by atoms with Crippen molar-refractivity contribution in [3.05, 3.63) is 147 Å². The molecule has 3 aromatic carbocycles. The third kappa shape index (κ3) is 3.78. The standard InChI is InChI=1S/C32H18N8.O.V/c1-2-10-18-17(9-1)25-33-26(18)38-28-21-13-5-6-14-22(21)30(35-28)40-32-24-16-8-7-15-23(24)31(36-32)39-29-20-12-4-3-11-19(20)27(34-29)37-25;;/h1-17,30H;;/q-2;;+2. The predicted octanol–water partition coefficient (Wildman–Crippen LogP) is 4.33. The molecule has 0 radical (unpaired) electrons. The van der Waals surface area contributed by atoms with Crippen molar-refractivity contribution in [2.75, 3.05) is 0 Å². The monoisotopic (exact) mass is 581 g/mol. The van der Waals surface area contributed by atoms with Crippen molar-refractivity contribution in [3.8, 4) is 0 Å². The van der Waals surface area contributed by atoms with Crippen LogP contribution in [-0.4, -0.2) is 23.3 Å². The van der Waals surface area contributed by atoms with Gasteiger partial charge in [0.05, 0.1) is 17.6 Å². The van der Waals surface area contributed by atoms with Gasteiger partial charge in [0.25, 0.3) is 0 Å². The molecule has 2 unspecified atom stereocenters. The van der Waals surface area contributed by atoms with E-state index in [1.807, 2.05) is 91.0 Å². The van der Waals surface area contributed by atoms with Gasteiger partial charge in [-0.25, -0.2) is 15.0 Å². The molecule has 2 atom stereocenters. The third-order valence-corrected chi connectivity index (χ3v) is 7.64. The average molecular weight is 581 g/mol. The van der Waals surface area contributed by atoms with Crippen LogP contribution in [0.5, 0.6) is 0 Å². The van der Waals surface area contributed by atoms with E-state index in [1.54, 1.807) is 0 Å². The molecule has 5 heterocycles. The second kappa shape index (κ2) is 9.76. The molecule has 10 heteroatoms. The molecule has 0 amide bonds. The van der Waals surface area contributed by atoms with Crippen LogP contribution in [0.25, 0.3) is 16.1 Å². The summed E-state index contributed by atoms with van der Waals surface area (Å²) < 4.78 is 8.19. The number of aliphatic imine (C=N–C) groups is 4. The molecule has 1 aromatic heterocycles. The molecule has 4 aromatic rings. The fourth-order valence-electron chi connectivity index (χ4n) is 5.74. The number of rotatable bonds is 0. The van der Waals surface area contributed by atoms with Crippen LogP contribution in [0.1, 0.15) is 28.4 Å². The van der Waals surface area contributed by atoms with Crippen LogP contribution >= 0.6 is 0 Å². The Morgan fingerprint density at radius 1 is 0.667 bits per heavy atom. The first-order valence-corrected chi connectivity index (χ1v) is 13.9. The molecule has 0 saturated carbocycles. The van der Waals surface area contributed by atoms with E-state index in [2.05, 4.69) is 6.08 Å². The van der Waals surface area contributed by atoms with E-state index in [4.69, 9.17) is 43.9 Å².